The molecule has 1 saturated heterocycles. The van der Waals surface area contributed by atoms with E-state index in [2.05, 4.69) is 22.9 Å². The number of fused-ring (bicyclic) bond motifs is 1. The molecule has 0 aliphatic carbocycles. The third-order valence-corrected chi connectivity index (χ3v) is 4.45. The molecule has 0 bridgehead atoms. The number of aromatic nitrogens is 1. The van der Waals surface area contributed by atoms with Crippen LogP contribution >= 0.6 is 11.6 Å². The molecule has 2 atom stereocenters. The van der Waals surface area contributed by atoms with E-state index in [1.165, 1.54) is 5.69 Å². The molecule has 0 N–H and O–H groups in total. The minimum absolute atomic E-state index is 0.283. The molecule has 0 radical (unpaired) electrons. The number of nitrogens with zero attached hydrogens (tertiary/aromatic N) is 2. The second kappa shape index (κ2) is 5.58. The molecule has 20 heavy (non-hydrogen) atoms. The van der Waals surface area contributed by atoms with Gasteiger partial charge in [-0.15, -0.1) is 0 Å². The van der Waals surface area contributed by atoms with Crippen molar-refractivity contribution < 1.29 is 4.74 Å². The minimum Gasteiger partial charge on any atom is -0.379 e. The first-order valence-electron chi connectivity index (χ1n) is 7.01. The summed E-state index contributed by atoms with van der Waals surface area (Å²) in [5.74, 6) is 0.605. The van der Waals surface area contributed by atoms with Crippen molar-refractivity contribution in [3.8, 4) is 0 Å². The van der Waals surface area contributed by atoms with Crippen molar-refractivity contribution in [2.24, 2.45) is 5.92 Å². The number of halogens is 1. The van der Waals surface area contributed by atoms with Gasteiger partial charge in [0.05, 0.1) is 11.6 Å². The van der Waals surface area contributed by atoms with Crippen molar-refractivity contribution in [2.75, 3.05) is 25.1 Å². The molecule has 2 aromatic rings. The zero-order valence-corrected chi connectivity index (χ0v) is 12.6. The third-order valence-electron chi connectivity index (χ3n) is 4.21. The lowest BCUT2D eigenvalue weighted by molar-refractivity contribution is 0.0499. The summed E-state index contributed by atoms with van der Waals surface area (Å²) in [6.45, 7) is 4.23. The number of hydrogen-bond acceptors (Lipinski definition) is 3. The van der Waals surface area contributed by atoms with Crippen LogP contribution in [0.3, 0.4) is 0 Å². The average Bonchev–Trinajstić information content (AvgIpc) is 2.47. The molecule has 1 aliphatic heterocycles. The lowest BCUT2D eigenvalue weighted by Gasteiger charge is -2.38. The molecule has 1 fully saturated rings. The van der Waals surface area contributed by atoms with Crippen molar-refractivity contribution >= 4 is 28.2 Å². The van der Waals surface area contributed by atoms with Gasteiger partial charge in [-0.1, -0.05) is 18.5 Å². The Balaban J connectivity index is 1.99. The van der Waals surface area contributed by atoms with Gasteiger partial charge in [0.1, 0.15) is 0 Å². The van der Waals surface area contributed by atoms with E-state index in [1.54, 1.807) is 7.11 Å². The van der Waals surface area contributed by atoms with Gasteiger partial charge < -0.3 is 9.64 Å². The Labute approximate surface area is 124 Å². The SMILES string of the molecule is COC1CN(c2ccnc3ccc(Cl)cc23)CCC1C. The topological polar surface area (TPSA) is 25.4 Å². The molecular formula is C16H19ClN2O. The van der Waals surface area contributed by atoms with Crippen molar-refractivity contribution in [3.63, 3.8) is 0 Å². The van der Waals surface area contributed by atoms with E-state index in [0.29, 0.717) is 5.92 Å². The summed E-state index contributed by atoms with van der Waals surface area (Å²) < 4.78 is 5.61. The van der Waals surface area contributed by atoms with Crippen LogP contribution in [0.25, 0.3) is 10.9 Å². The van der Waals surface area contributed by atoms with Crippen molar-refractivity contribution in [2.45, 2.75) is 19.4 Å². The minimum atomic E-state index is 0.283. The van der Waals surface area contributed by atoms with Crippen LogP contribution in [0.2, 0.25) is 5.02 Å². The summed E-state index contributed by atoms with van der Waals surface area (Å²) in [6, 6.07) is 7.93. The van der Waals surface area contributed by atoms with Crippen molar-refractivity contribution in [1.29, 1.82) is 0 Å². The zero-order valence-electron chi connectivity index (χ0n) is 11.8. The summed E-state index contributed by atoms with van der Waals surface area (Å²) >= 11 is 6.14. The maximum absolute atomic E-state index is 6.14. The van der Waals surface area contributed by atoms with Crippen LogP contribution in [0, 0.1) is 5.92 Å². The Kier molecular flexibility index (Phi) is 3.81. The third kappa shape index (κ3) is 2.48. The van der Waals surface area contributed by atoms with Crippen LogP contribution in [-0.2, 0) is 4.74 Å². The van der Waals surface area contributed by atoms with E-state index < -0.39 is 0 Å². The molecule has 1 aromatic carbocycles. The number of rotatable bonds is 2. The van der Waals surface area contributed by atoms with Gasteiger partial charge in [-0.2, -0.15) is 0 Å². The molecule has 4 heteroatoms. The summed E-state index contributed by atoms with van der Waals surface area (Å²) in [5.41, 5.74) is 2.19. The van der Waals surface area contributed by atoms with E-state index in [-0.39, 0.29) is 6.10 Å². The highest BCUT2D eigenvalue weighted by Gasteiger charge is 2.26. The number of pyridine rings is 1. The molecule has 1 aromatic heterocycles. The van der Waals surface area contributed by atoms with Crippen LogP contribution in [0.1, 0.15) is 13.3 Å². The van der Waals surface area contributed by atoms with Gasteiger partial charge in [-0.25, -0.2) is 0 Å². The van der Waals surface area contributed by atoms with Crippen LogP contribution < -0.4 is 4.90 Å². The van der Waals surface area contributed by atoms with Gasteiger partial charge in [-0.3, -0.25) is 4.98 Å². The first kappa shape index (κ1) is 13.7. The van der Waals surface area contributed by atoms with Crippen LogP contribution in [-0.4, -0.2) is 31.3 Å². The molecule has 1 aliphatic rings. The standard InChI is InChI=1S/C16H19ClN2O/c1-11-6-8-19(10-16(11)20-2)15-5-7-18-14-4-3-12(17)9-13(14)15/h3-5,7,9,11,16H,6,8,10H2,1-2H3. The maximum Gasteiger partial charge on any atom is 0.0772 e. The lowest BCUT2D eigenvalue weighted by Crippen LogP contribution is -2.44. The molecule has 2 heterocycles. The molecule has 3 nitrogen and oxygen atoms in total. The number of methoxy groups -OCH3 is 1. The Morgan fingerprint density at radius 3 is 3.00 bits per heavy atom. The number of anilines is 1. The van der Waals surface area contributed by atoms with Gasteiger partial charge in [0.15, 0.2) is 0 Å². The molecule has 2 unspecified atom stereocenters. The Bertz CT molecular complexity index is 616. The quantitative estimate of drug-likeness (QED) is 0.842. The van der Waals surface area contributed by atoms with E-state index in [0.717, 1.165) is 35.4 Å². The fourth-order valence-corrected chi connectivity index (χ4v) is 3.11. The number of piperidine rings is 1. The van der Waals surface area contributed by atoms with Gasteiger partial charge >= 0.3 is 0 Å². The van der Waals surface area contributed by atoms with Gasteiger partial charge in [0.25, 0.3) is 0 Å². The summed E-state index contributed by atoms with van der Waals surface area (Å²) in [5, 5.41) is 1.87. The van der Waals surface area contributed by atoms with Crippen LogP contribution in [0.5, 0.6) is 0 Å². The second-order valence-corrected chi connectivity index (χ2v) is 5.91. The van der Waals surface area contributed by atoms with Gasteiger partial charge in [0, 0.05) is 42.5 Å². The molecule has 0 saturated carbocycles. The van der Waals surface area contributed by atoms with Crippen molar-refractivity contribution in [1.82, 2.24) is 4.98 Å². The number of ether oxygens (including phenoxy) is 1. The first-order chi connectivity index (χ1) is 9.69. The average molecular weight is 291 g/mol. The highest BCUT2D eigenvalue weighted by atomic mass is 35.5. The Morgan fingerprint density at radius 2 is 2.20 bits per heavy atom. The van der Waals surface area contributed by atoms with E-state index >= 15 is 0 Å². The molecule has 0 spiro atoms. The van der Waals surface area contributed by atoms with Gasteiger partial charge in [-0.05, 0) is 36.6 Å². The highest BCUT2D eigenvalue weighted by Crippen LogP contribution is 2.31. The van der Waals surface area contributed by atoms with Crippen LogP contribution in [0.15, 0.2) is 30.5 Å². The largest absolute Gasteiger partial charge is 0.379 e. The predicted octanol–water partition coefficient (Wildman–Crippen LogP) is 3.75. The van der Waals surface area contributed by atoms with Crippen LogP contribution in [0.4, 0.5) is 5.69 Å². The fourth-order valence-electron chi connectivity index (χ4n) is 2.94. The zero-order chi connectivity index (χ0) is 14.1. The maximum atomic E-state index is 6.14. The molecular weight excluding hydrogens is 272 g/mol. The highest BCUT2D eigenvalue weighted by molar-refractivity contribution is 6.31. The first-order valence-corrected chi connectivity index (χ1v) is 7.39. The van der Waals surface area contributed by atoms with Gasteiger partial charge in [0.2, 0.25) is 0 Å². The number of hydrogen-bond donors (Lipinski definition) is 0. The normalized spacial score (nSPS) is 23.2. The fraction of sp³-hybridized carbons (Fsp3) is 0.438. The van der Waals surface area contributed by atoms with E-state index in [1.807, 2.05) is 24.4 Å². The molecule has 3 rings (SSSR count). The van der Waals surface area contributed by atoms with E-state index in [4.69, 9.17) is 16.3 Å². The molecule has 0 amide bonds. The predicted molar refractivity (Wildman–Crippen MR) is 83.5 cm³/mol. The summed E-state index contributed by atoms with van der Waals surface area (Å²) in [6.07, 6.45) is 3.29. The summed E-state index contributed by atoms with van der Waals surface area (Å²) in [7, 11) is 1.80. The second-order valence-electron chi connectivity index (χ2n) is 5.48. The Hall–Kier alpha value is -1.32. The van der Waals surface area contributed by atoms with Crippen molar-refractivity contribution in [3.05, 3.63) is 35.5 Å². The smallest absolute Gasteiger partial charge is 0.0772 e. The molecule has 106 valence electrons. The lowest BCUT2D eigenvalue weighted by atomic mass is 9.95. The monoisotopic (exact) mass is 290 g/mol. The Morgan fingerprint density at radius 1 is 1.35 bits per heavy atom. The summed E-state index contributed by atoms with van der Waals surface area (Å²) in [4.78, 5) is 6.80. The number of benzene rings is 1. The van der Waals surface area contributed by atoms with E-state index in [9.17, 15) is 0 Å².